The van der Waals surface area contributed by atoms with Crippen LogP contribution in [0, 0.1) is 0 Å². The smallest absolute Gasteiger partial charge is 0.270 e. The van der Waals surface area contributed by atoms with Crippen LogP contribution < -0.4 is 5.56 Å². The van der Waals surface area contributed by atoms with E-state index in [1.807, 2.05) is 19.2 Å². The molecule has 1 unspecified atom stereocenters. The quantitative estimate of drug-likeness (QED) is 0.748. The largest absolute Gasteiger partial charge is 0.504 e. The first kappa shape index (κ1) is 18.2. The molecule has 1 aromatic carbocycles. The number of hydrogen-bond donors (Lipinski definition) is 1. The van der Waals surface area contributed by atoms with Crippen molar-refractivity contribution in [2.75, 3.05) is 20.6 Å². The first-order chi connectivity index (χ1) is 13.5. The number of nitrogens with zero attached hydrogens (tertiary/aromatic N) is 4. The first-order valence-electron chi connectivity index (χ1n) is 9.17. The van der Waals surface area contributed by atoms with Crippen molar-refractivity contribution in [3.63, 3.8) is 0 Å². The molecule has 0 saturated carbocycles. The van der Waals surface area contributed by atoms with Gasteiger partial charge < -0.3 is 10.0 Å². The lowest BCUT2D eigenvalue weighted by Gasteiger charge is -2.36. The predicted octanol–water partition coefficient (Wildman–Crippen LogP) is 1.53. The average molecular weight is 378 g/mol. The summed E-state index contributed by atoms with van der Waals surface area (Å²) in [5.74, 6) is -0.475. The summed E-state index contributed by atoms with van der Waals surface area (Å²) >= 11 is 0. The highest BCUT2D eigenvalue weighted by molar-refractivity contribution is 5.93. The van der Waals surface area contributed by atoms with Gasteiger partial charge in [-0.25, -0.2) is 4.98 Å². The lowest BCUT2D eigenvalue weighted by Crippen LogP contribution is -2.47. The Balaban J connectivity index is 1.57. The highest BCUT2D eigenvalue weighted by Gasteiger charge is 2.27. The molecule has 7 nitrogen and oxygen atoms in total. The maximum Gasteiger partial charge on any atom is 0.270 e. The van der Waals surface area contributed by atoms with Gasteiger partial charge in [0.25, 0.3) is 11.5 Å². The standard InChI is InChI=1S/C21H22N4O3/c1-23-12-15-7-4-3-6-14(15)10-16(23)13-24(2)20(27)17-11-22-19-18(26)8-5-9-25(19)21(17)28/h3-9,11,16,26H,10,12-13H2,1-2H3. The van der Waals surface area contributed by atoms with Crippen molar-refractivity contribution in [2.24, 2.45) is 0 Å². The van der Waals surface area contributed by atoms with Crippen LogP contribution in [0.25, 0.3) is 5.65 Å². The Bertz CT molecular complexity index is 1110. The van der Waals surface area contributed by atoms with E-state index in [2.05, 4.69) is 22.0 Å². The topological polar surface area (TPSA) is 78.2 Å². The molecule has 1 aliphatic rings. The van der Waals surface area contributed by atoms with Crippen molar-refractivity contribution >= 4 is 11.6 Å². The number of fused-ring (bicyclic) bond motifs is 2. The van der Waals surface area contributed by atoms with Gasteiger partial charge in [0.05, 0.1) is 0 Å². The number of aromatic nitrogens is 2. The van der Waals surface area contributed by atoms with Gasteiger partial charge in [-0.3, -0.25) is 18.9 Å². The van der Waals surface area contributed by atoms with Crippen molar-refractivity contribution in [3.05, 3.63) is 75.8 Å². The molecule has 0 fully saturated rings. The van der Waals surface area contributed by atoms with Crippen molar-refractivity contribution in [1.29, 1.82) is 0 Å². The van der Waals surface area contributed by atoms with Crippen LogP contribution in [0.3, 0.4) is 0 Å². The fourth-order valence-electron chi connectivity index (χ4n) is 3.77. The molecule has 0 aliphatic carbocycles. The number of carbonyl (C=O) groups is 1. The van der Waals surface area contributed by atoms with E-state index < -0.39 is 5.56 Å². The fourth-order valence-corrected chi connectivity index (χ4v) is 3.77. The van der Waals surface area contributed by atoms with Gasteiger partial charge in [0, 0.05) is 38.6 Å². The van der Waals surface area contributed by atoms with Gasteiger partial charge in [-0.2, -0.15) is 0 Å². The molecular formula is C21H22N4O3. The van der Waals surface area contributed by atoms with Crippen molar-refractivity contribution in [1.82, 2.24) is 19.2 Å². The maximum atomic E-state index is 12.9. The Morgan fingerprint density at radius 2 is 2.00 bits per heavy atom. The highest BCUT2D eigenvalue weighted by atomic mass is 16.3. The number of benzene rings is 1. The molecule has 7 heteroatoms. The summed E-state index contributed by atoms with van der Waals surface area (Å²) in [5.41, 5.74) is 2.25. The summed E-state index contributed by atoms with van der Waals surface area (Å²) in [6.07, 6.45) is 3.59. The fraction of sp³-hybridized carbons (Fsp3) is 0.286. The van der Waals surface area contributed by atoms with Crippen LogP contribution in [-0.4, -0.2) is 56.9 Å². The molecule has 1 aliphatic heterocycles. The van der Waals surface area contributed by atoms with Gasteiger partial charge in [-0.1, -0.05) is 24.3 Å². The molecule has 1 amide bonds. The van der Waals surface area contributed by atoms with Gasteiger partial charge in [0.2, 0.25) is 0 Å². The monoisotopic (exact) mass is 378 g/mol. The lowest BCUT2D eigenvalue weighted by atomic mass is 9.94. The number of amides is 1. The predicted molar refractivity (Wildman–Crippen MR) is 105 cm³/mol. The second-order valence-electron chi connectivity index (χ2n) is 7.29. The third-order valence-electron chi connectivity index (χ3n) is 5.39. The van der Waals surface area contributed by atoms with E-state index >= 15 is 0 Å². The number of aromatic hydroxyl groups is 1. The maximum absolute atomic E-state index is 12.9. The summed E-state index contributed by atoms with van der Waals surface area (Å²) in [7, 11) is 3.75. The second kappa shape index (κ2) is 7.09. The van der Waals surface area contributed by atoms with Crippen LogP contribution in [-0.2, 0) is 13.0 Å². The molecule has 3 aromatic rings. The van der Waals surface area contributed by atoms with E-state index in [9.17, 15) is 14.7 Å². The zero-order chi connectivity index (χ0) is 19.8. The Hall–Kier alpha value is -3.19. The molecule has 0 saturated heterocycles. The van der Waals surface area contributed by atoms with Crippen LogP contribution in [0.15, 0.2) is 53.6 Å². The van der Waals surface area contributed by atoms with Gasteiger partial charge in [-0.05, 0) is 36.7 Å². The second-order valence-corrected chi connectivity index (χ2v) is 7.29. The van der Waals surface area contributed by atoms with Crippen molar-refractivity contribution in [2.45, 2.75) is 19.0 Å². The van der Waals surface area contributed by atoms with Crippen LogP contribution in [0.5, 0.6) is 5.75 Å². The third kappa shape index (κ3) is 3.14. The van der Waals surface area contributed by atoms with E-state index in [1.54, 1.807) is 11.9 Å². The Morgan fingerprint density at radius 1 is 1.25 bits per heavy atom. The average Bonchev–Trinajstić information content (AvgIpc) is 2.69. The van der Waals surface area contributed by atoms with Gasteiger partial charge in [-0.15, -0.1) is 0 Å². The molecule has 28 heavy (non-hydrogen) atoms. The minimum atomic E-state index is -0.486. The van der Waals surface area contributed by atoms with E-state index in [-0.39, 0.29) is 28.9 Å². The summed E-state index contributed by atoms with van der Waals surface area (Å²) < 4.78 is 1.19. The minimum Gasteiger partial charge on any atom is -0.504 e. The summed E-state index contributed by atoms with van der Waals surface area (Å²) in [4.78, 5) is 33.5. The molecule has 4 rings (SSSR count). The van der Waals surface area contributed by atoms with Crippen LogP contribution in [0.1, 0.15) is 21.5 Å². The van der Waals surface area contributed by atoms with Gasteiger partial charge in [0.1, 0.15) is 5.56 Å². The van der Waals surface area contributed by atoms with Crippen molar-refractivity contribution < 1.29 is 9.90 Å². The van der Waals surface area contributed by atoms with E-state index in [0.29, 0.717) is 6.54 Å². The molecule has 3 heterocycles. The molecule has 1 atom stereocenters. The molecular weight excluding hydrogens is 356 g/mol. The van der Waals surface area contributed by atoms with Crippen molar-refractivity contribution in [3.8, 4) is 5.75 Å². The molecule has 144 valence electrons. The number of rotatable bonds is 3. The molecule has 0 radical (unpaired) electrons. The van der Waals surface area contributed by atoms with Gasteiger partial charge >= 0.3 is 0 Å². The molecule has 0 bridgehead atoms. The summed E-state index contributed by atoms with van der Waals surface area (Å²) in [5, 5.41) is 9.84. The zero-order valence-electron chi connectivity index (χ0n) is 15.9. The molecule has 2 aromatic heterocycles. The third-order valence-corrected chi connectivity index (χ3v) is 5.39. The SMILES string of the molecule is CN(CC1Cc2ccccc2CN1C)C(=O)c1cnc2c(O)cccn2c1=O. The minimum absolute atomic E-state index is 0.00976. The molecule has 1 N–H and O–H groups in total. The van der Waals surface area contributed by atoms with Crippen LogP contribution in [0.2, 0.25) is 0 Å². The number of pyridine rings is 1. The van der Waals surface area contributed by atoms with E-state index in [4.69, 9.17) is 0 Å². The van der Waals surface area contributed by atoms with E-state index in [1.165, 1.54) is 40.1 Å². The Kier molecular flexibility index (Phi) is 4.60. The van der Waals surface area contributed by atoms with Crippen LogP contribution in [0.4, 0.5) is 0 Å². The van der Waals surface area contributed by atoms with Gasteiger partial charge in [0.15, 0.2) is 11.4 Å². The lowest BCUT2D eigenvalue weighted by molar-refractivity contribution is 0.0731. The number of carbonyl (C=O) groups excluding carboxylic acids is 1. The highest BCUT2D eigenvalue weighted by Crippen LogP contribution is 2.22. The summed E-state index contributed by atoms with van der Waals surface area (Å²) in [6, 6.07) is 11.5. The first-order valence-corrected chi connectivity index (χ1v) is 9.17. The zero-order valence-corrected chi connectivity index (χ0v) is 15.9. The van der Waals surface area contributed by atoms with E-state index in [0.717, 1.165) is 13.0 Å². The molecule has 0 spiro atoms. The summed E-state index contributed by atoms with van der Waals surface area (Å²) in [6.45, 7) is 1.34. The Morgan fingerprint density at radius 3 is 2.79 bits per heavy atom. The number of likely N-dealkylation sites (N-methyl/N-ethyl adjacent to an activating group) is 2. The Labute approximate surface area is 162 Å². The van der Waals surface area contributed by atoms with Crippen LogP contribution >= 0.6 is 0 Å². The number of hydrogen-bond acceptors (Lipinski definition) is 5. The normalized spacial score (nSPS) is 16.7.